The zero-order valence-electron chi connectivity index (χ0n) is 19.0. The summed E-state index contributed by atoms with van der Waals surface area (Å²) < 4.78 is 19.6. The Bertz CT molecular complexity index is 900. The van der Waals surface area contributed by atoms with Crippen LogP contribution in [0, 0.1) is 19.7 Å². The van der Waals surface area contributed by atoms with Gasteiger partial charge in [-0.15, -0.1) is 0 Å². The number of amides is 1. The molecule has 1 aromatic carbocycles. The van der Waals surface area contributed by atoms with E-state index in [1.165, 1.54) is 6.07 Å². The van der Waals surface area contributed by atoms with Crippen LogP contribution in [0.3, 0.4) is 0 Å². The number of aryl methyl sites for hydroxylation is 2. The van der Waals surface area contributed by atoms with Crippen LogP contribution >= 0.6 is 0 Å². The fourth-order valence-corrected chi connectivity index (χ4v) is 3.51. The van der Waals surface area contributed by atoms with Crippen LogP contribution in [0.1, 0.15) is 50.6 Å². The first-order valence-corrected chi connectivity index (χ1v) is 10.7. The summed E-state index contributed by atoms with van der Waals surface area (Å²) >= 11 is 0. The first-order chi connectivity index (χ1) is 14.6. The molecule has 8 heteroatoms. The van der Waals surface area contributed by atoms with E-state index in [1.54, 1.807) is 17.2 Å². The highest BCUT2D eigenvalue weighted by Crippen LogP contribution is 2.23. The molecule has 0 aliphatic carbocycles. The Balaban J connectivity index is 1.62. The lowest BCUT2D eigenvalue weighted by Crippen LogP contribution is -2.44. The van der Waals surface area contributed by atoms with Gasteiger partial charge in [0.1, 0.15) is 23.1 Å². The molecule has 1 aromatic heterocycles. The number of hydrogen-bond donors (Lipinski definition) is 2. The molecule has 0 atom stereocenters. The molecule has 2 N–H and O–H groups in total. The number of para-hydroxylation sites is 1. The van der Waals surface area contributed by atoms with Crippen LogP contribution in [0.15, 0.2) is 24.4 Å². The molecule has 1 saturated heterocycles. The van der Waals surface area contributed by atoms with Gasteiger partial charge >= 0.3 is 6.09 Å². The van der Waals surface area contributed by atoms with E-state index in [4.69, 9.17) is 4.74 Å². The predicted molar refractivity (Wildman–Crippen MR) is 120 cm³/mol. The average Bonchev–Trinajstić information content (AvgIpc) is 2.68. The number of carbonyl (C=O) groups is 1. The standard InChI is InChI=1S/C23H32FN5O2/c1-15-7-6-8-19(24)20(15)26-14-17-13-25-16(2)27-21(17)28-18-9-11-29(12-10-18)22(30)31-23(3,4)5/h6-8,13,18,26H,9-12,14H2,1-5H3,(H,25,27,28). The van der Waals surface area contributed by atoms with Gasteiger partial charge in [-0.2, -0.15) is 0 Å². The Labute approximate surface area is 183 Å². The van der Waals surface area contributed by atoms with Crippen molar-refractivity contribution in [2.24, 2.45) is 0 Å². The number of hydrogen-bond acceptors (Lipinski definition) is 6. The molecule has 1 aliphatic heterocycles. The van der Waals surface area contributed by atoms with Gasteiger partial charge in [0.05, 0.1) is 5.69 Å². The van der Waals surface area contributed by atoms with Crippen molar-refractivity contribution in [3.8, 4) is 0 Å². The Morgan fingerprint density at radius 2 is 1.97 bits per heavy atom. The van der Waals surface area contributed by atoms with Crippen LogP contribution in [0.25, 0.3) is 0 Å². The van der Waals surface area contributed by atoms with Gasteiger partial charge < -0.3 is 20.3 Å². The van der Waals surface area contributed by atoms with Crippen molar-refractivity contribution in [2.45, 2.75) is 65.6 Å². The maximum atomic E-state index is 14.1. The molecule has 31 heavy (non-hydrogen) atoms. The number of likely N-dealkylation sites (tertiary alicyclic amines) is 1. The Morgan fingerprint density at radius 1 is 1.26 bits per heavy atom. The molecule has 1 fully saturated rings. The second-order valence-corrected chi connectivity index (χ2v) is 8.96. The number of halogens is 1. The maximum absolute atomic E-state index is 14.1. The first-order valence-electron chi connectivity index (χ1n) is 10.7. The fraction of sp³-hybridized carbons (Fsp3) is 0.522. The van der Waals surface area contributed by atoms with Crippen molar-refractivity contribution < 1.29 is 13.9 Å². The molecule has 3 rings (SSSR count). The van der Waals surface area contributed by atoms with Gasteiger partial charge in [0, 0.05) is 37.4 Å². The summed E-state index contributed by atoms with van der Waals surface area (Å²) in [4.78, 5) is 22.9. The topological polar surface area (TPSA) is 79.4 Å². The van der Waals surface area contributed by atoms with Gasteiger partial charge in [0.25, 0.3) is 0 Å². The maximum Gasteiger partial charge on any atom is 0.410 e. The highest BCUT2D eigenvalue weighted by atomic mass is 19.1. The van der Waals surface area contributed by atoms with E-state index in [0.717, 1.165) is 29.8 Å². The summed E-state index contributed by atoms with van der Waals surface area (Å²) in [7, 11) is 0. The lowest BCUT2D eigenvalue weighted by molar-refractivity contribution is 0.0210. The van der Waals surface area contributed by atoms with Crippen molar-refractivity contribution in [3.63, 3.8) is 0 Å². The molecule has 168 valence electrons. The van der Waals surface area contributed by atoms with E-state index in [0.29, 0.717) is 31.1 Å². The molecule has 7 nitrogen and oxygen atoms in total. The van der Waals surface area contributed by atoms with Crippen LogP contribution in [0.2, 0.25) is 0 Å². The number of carbonyl (C=O) groups excluding carboxylic acids is 1. The number of aromatic nitrogens is 2. The molecule has 0 unspecified atom stereocenters. The monoisotopic (exact) mass is 429 g/mol. The number of nitrogens with zero attached hydrogens (tertiary/aromatic N) is 3. The first kappa shape index (κ1) is 22.8. The molecule has 0 saturated carbocycles. The van der Waals surface area contributed by atoms with Crippen LogP contribution in [-0.2, 0) is 11.3 Å². The molecular formula is C23H32FN5O2. The van der Waals surface area contributed by atoms with Gasteiger partial charge in [-0.3, -0.25) is 0 Å². The summed E-state index contributed by atoms with van der Waals surface area (Å²) in [6, 6.07) is 5.19. The summed E-state index contributed by atoms with van der Waals surface area (Å²) in [5.41, 5.74) is 1.70. The number of benzene rings is 1. The van der Waals surface area contributed by atoms with E-state index in [1.807, 2.05) is 40.7 Å². The highest BCUT2D eigenvalue weighted by Gasteiger charge is 2.27. The molecule has 0 bridgehead atoms. The minimum absolute atomic E-state index is 0.182. The molecule has 1 amide bonds. The lowest BCUT2D eigenvalue weighted by Gasteiger charge is -2.34. The zero-order valence-corrected chi connectivity index (χ0v) is 19.0. The van der Waals surface area contributed by atoms with E-state index in [9.17, 15) is 9.18 Å². The fourth-order valence-electron chi connectivity index (χ4n) is 3.51. The second-order valence-electron chi connectivity index (χ2n) is 8.96. The molecule has 2 aromatic rings. The van der Waals surface area contributed by atoms with Crippen LogP contribution < -0.4 is 10.6 Å². The quantitative estimate of drug-likeness (QED) is 0.720. The smallest absolute Gasteiger partial charge is 0.410 e. The van der Waals surface area contributed by atoms with Crippen LogP contribution in [0.4, 0.5) is 20.7 Å². The molecular weight excluding hydrogens is 397 g/mol. The minimum Gasteiger partial charge on any atom is -0.444 e. The average molecular weight is 430 g/mol. The third-order valence-electron chi connectivity index (χ3n) is 5.15. The van der Waals surface area contributed by atoms with Crippen molar-refractivity contribution in [1.82, 2.24) is 14.9 Å². The van der Waals surface area contributed by atoms with E-state index < -0.39 is 5.60 Å². The van der Waals surface area contributed by atoms with E-state index >= 15 is 0 Å². The zero-order chi connectivity index (χ0) is 22.6. The van der Waals surface area contributed by atoms with E-state index in [-0.39, 0.29) is 18.0 Å². The summed E-state index contributed by atoms with van der Waals surface area (Å²) in [5.74, 6) is 1.13. The van der Waals surface area contributed by atoms with E-state index in [2.05, 4.69) is 20.6 Å². The highest BCUT2D eigenvalue weighted by molar-refractivity contribution is 5.68. The molecule has 0 spiro atoms. The Kier molecular flexibility index (Phi) is 6.97. The lowest BCUT2D eigenvalue weighted by atomic mass is 10.1. The van der Waals surface area contributed by atoms with Gasteiger partial charge in [0.2, 0.25) is 0 Å². The number of anilines is 2. The largest absolute Gasteiger partial charge is 0.444 e. The number of rotatable bonds is 5. The Morgan fingerprint density at radius 3 is 2.61 bits per heavy atom. The molecule has 1 aliphatic rings. The SMILES string of the molecule is Cc1ncc(CNc2c(C)cccc2F)c(NC2CCN(C(=O)OC(C)(C)C)CC2)n1. The summed E-state index contributed by atoms with van der Waals surface area (Å²) in [6.45, 7) is 11.0. The van der Waals surface area contributed by atoms with Gasteiger partial charge in [-0.05, 0) is 59.1 Å². The predicted octanol–water partition coefficient (Wildman–Crippen LogP) is 4.66. The summed E-state index contributed by atoms with van der Waals surface area (Å²) in [5, 5.41) is 6.67. The van der Waals surface area contributed by atoms with Crippen molar-refractivity contribution in [3.05, 3.63) is 47.2 Å². The van der Waals surface area contributed by atoms with Crippen molar-refractivity contribution in [1.29, 1.82) is 0 Å². The molecule has 0 radical (unpaired) electrons. The van der Waals surface area contributed by atoms with Crippen molar-refractivity contribution >= 4 is 17.6 Å². The number of nitrogens with one attached hydrogen (secondary N) is 2. The Hall–Kier alpha value is -2.90. The van der Waals surface area contributed by atoms with Crippen LogP contribution in [0.5, 0.6) is 0 Å². The number of piperidine rings is 1. The van der Waals surface area contributed by atoms with Crippen molar-refractivity contribution in [2.75, 3.05) is 23.7 Å². The third-order valence-corrected chi connectivity index (χ3v) is 5.15. The number of ether oxygens (including phenoxy) is 1. The normalized spacial score (nSPS) is 15.0. The third kappa shape index (κ3) is 6.29. The second kappa shape index (κ2) is 9.49. The van der Waals surface area contributed by atoms with Crippen LogP contribution in [-0.4, -0.2) is 45.7 Å². The van der Waals surface area contributed by atoms with Gasteiger partial charge in [-0.25, -0.2) is 19.2 Å². The summed E-state index contributed by atoms with van der Waals surface area (Å²) in [6.07, 6.45) is 3.08. The van der Waals surface area contributed by atoms with Gasteiger partial charge in [0.15, 0.2) is 0 Å². The molecule has 2 heterocycles. The van der Waals surface area contributed by atoms with Gasteiger partial charge in [-0.1, -0.05) is 12.1 Å². The minimum atomic E-state index is -0.497.